The van der Waals surface area contributed by atoms with Crippen molar-refractivity contribution < 1.29 is 4.79 Å². The summed E-state index contributed by atoms with van der Waals surface area (Å²) in [4.78, 5) is 12.5. The van der Waals surface area contributed by atoms with E-state index in [0.717, 1.165) is 32.4 Å². The number of para-hydroxylation sites is 2. The van der Waals surface area contributed by atoms with Gasteiger partial charge in [0.15, 0.2) is 4.34 Å². The van der Waals surface area contributed by atoms with Crippen molar-refractivity contribution in [2.75, 3.05) is 16.4 Å². The fourth-order valence-electron chi connectivity index (χ4n) is 2.92. The fourth-order valence-corrected chi connectivity index (χ4v) is 4.49. The third-order valence-electron chi connectivity index (χ3n) is 4.41. The first kappa shape index (κ1) is 20.1. The Labute approximate surface area is 183 Å². The van der Waals surface area contributed by atoms with Crippen LogP contribution < -0.4 is 10.6 Å². The Morgan fingerprint density at radius 3 is 2.40 bits per heavy atom. The summed E-state index contributed by atoms with van der Waals surface area (Å²) in [6.45, 7) is 2.04. The molecule has 1 aromatic heterocycles. The maximum Gasteiger partial charge on any atom is 0.234 e. The van der Waals surface area contributed by atoms with Crippen molar-refractivity contribution >= 4 is 45.5 Å². The molecule has 150 valence electrons. The molecule has 0 spiro atoms. The molecule has 0 aliphatic heterocycles. The lowest BCUT2D eigenvalue weighted by atomic mass is 10.0. The number of amides is 1. The quantitative estimate of drug-likeness (QED) is 0.351. The number of hydrogen-bond acceptors (Lipinski definition) is 6. The number of rotatable bonds is 7. The Balaban J connectivity index is 1.36. The molecule has 2 N–H and O–H groups in total. The average Bonchev–Trinajstić information content (AvgIpc) is 3.22. The minimum atomic E-state index is -0.0769. The summed E-state index contributed by atoms with van der Waals surface area (Å²) in [5.74, 6) is 0.189. The van der Waals surface area contributed by atoms with Crippen LogP contribution in [0.2, 0.25) is 0 Å². The van der Waals surface area contributed by atoms with E-state index in [0.29, 0.717) is 5.13 Å². The van der Waals surface area contributed by atoms with Crippen molar-refractivity contribution in [2.24, 2.45) is 0 Å². The zero-order valence-electron chi connectivity index (χ0n) is 16.3. The van der Waals surface area contributed by atoms with Gasteiger partial charge in [-0.05, 0) is 30.2 Å². The molecule has 0 unspecified atom stereocenters. The molecule has 1 amide bonds. The second-order valence-corrected chi connectivity index (χ2v) is 8.76. The Morgan fingerprint density at radius 2 is 1.60 bits per heavy atom. The highest BCUT2D eigenvalue weighted by molar-refractivity contribution is 8.01. The zero-order valence-corrected chi connectivity index (χ0v) is 18.0. The fraction of sp³-hybridized carbons (Fsp3) is 0.0870. The molecule has 4 aromatic rings. The number of nitrogens with zero attached hydrogens (tertiary/aromatic N) is 2. The highest BCUT2D eigenvalue weighted by Gasteiger charge is 2.11. The second-order valence-electron chi connectivity index (χ2n) is 6.56. The lowest BCUT2D eigenvalue weighted by molar-refractivity contribution is -0.113. The first-order valence-electron chi connectivity index (χ1n) is 9.42. The summed E-state index contributed by atoms with van der Waals surface area (Å²) in [5, 5.41) is 15.3. The number of benzene rings is 3. The second kappa shape index (κ2) is 9.56. The number of carbonyl (C=O) groups excluding carboxylic acids is 1. The molecule has 0 aliphatic carbocycles. The number of carbonyl (C=O) groups is 1. The van der Waals surface area contributed by atoms with Gasteiger partial charge in [0.1, 0.15) is 0 Å². The highest BCUT2D eigenvalue weighted by Crippen LogP contribution is 2.30. The van der Waals surface area contributed by atoms with Crippen molar-refractivity contribution in [3.63, 3.8) is 0 Å². The maximum absolute atomic E-state index is 12.5. The molecule has 30 heavy (non-hydrogen) atoms. The largest absolute Gasteiger partial charge is 0.330 e. The molecule has 0 aliphatic rings. The topological polar surface area (TPSA) is 66.9 Å². The van der Waals surface area contributed by atoms with Crippen molar-refractivity contribution in [2.45, 2.75) is 11.3 Å². The van der Waals surface area contributed by atoms with Gasteiger partial charge in [0.25, 0.3) is 0 Å². The van der Waals surface area contributed by atoms with E-state index in [4.69, 9.17) is 0 Å². The van der Waals surface area contributed by atoms with E-state index < -0.39 is 0 Å². The Morgan fingerprint density at radius 1 is 0.900 bits per heavy atom. The van der Waals surface area contributed by atoms with Crippen molar-refractivity contribution in [3.05, 3.63) is 84.4 Å². The van der Waals surface area contributed by atoms with Crippen LogP contribution in [0.1, 0.15) is 5.56 Å². The normalized spacial score (nSPS) is 10.6. The molecule has 0 radical (unpaired) electrons. The van der Waals surface area contributed by atoms with Crippen LogP contribution in [0.25, 0.3) is 11.1 Å². The van der Waals surface area contributed by atoms with Crippen LogP contribution in [0, 0.1) is 6.92 Å². The Bertz CT molecular complexity index is 1140. The van der Waals surface area contributed by atoms with Crippen molar-refractivity contribution in [1.82, 2.24) is 10.2 Å². The van der Waals surface area contributed by atoms with Crippen LogP contribution in [-0.2, 0) is 4.79 Å². The van der Waals surface area contributed by atoms with E-state index in [1.807, 2.05) is 85.8 Å². The molecule has 5 nitrogen and oxygen atoms in total. The van der Waals surface area contributed by atoms with Gasteiger partial charge in [-0.3, -0.25) is 4.79 Å². The molecule has 7 heteroatoms. The van der Waals surface area contributed by atoms with Gasteiger partial charge >= 0.3 is 0 Å². The van der Waals surface area contributed by atoms with Crippen LogP contribution in [0.3, 0.4) is 0 Å². The smallest absolute Gasteiger partial charge is 0.234 e. The van der Waals surface area contributed by atoms with Crippen LogP contribution in [0.5, 0.6) is 0 Å². The molecule has 0 fully saturated rings. The predicted octanol–water partition coefficient (Wildman–Crippen LogP) is 5.99. The summed E-state index contributed by atoms with van der Waals surface area (Å²) in [5.41, 5.74) is 5.00. The van der Waals surface area contributed by atoms with Gasteiger partial charge in [-0.1, -0.05) is 89.8 Å². The summed E-state index contributed by atoms with van der Waals surface area (Å²) in [7, 11) is 0. The van der Waals surface area contributed by atoms with Crippen molar-refractivity contribution in [3.8, 4) is 11.1 Å². The monoisotopic (exact) mass is 432 g/mol. The van der Waals surface area contributed by atoms with E-state index in [2.05, 4.69) is 20.8 Å². The Hall–Kier alpha value is -3.16. The lowest BCUT2D eigenvalue weighted by Gasteiger charge is -2.10. The van der Waals surface area contributed by atoms with E-state index in [-0.39, 0.29) is 11.7 Å². The van der Waals surface area contributed by atoms with Gasteiger partial charge in [-0.25, -0.2) is 0 Å². The number of aromatic nitrogens is 2. The number of anilines is 3. The van der Waals surface area contributed by atoms with Crippen LogP contribution in [0.15, 0.2) is 83.2 Å². The minimum absolute atomic E-state index is 0.0769. The molecular formula is C23H20N4OS2. The summed E-state index contributed by atoms with van der Waals surface area (Å²) in [6, 6.07) is 25.8. The molecule has 4 rings (SSSR count). The number of thioether (sulfide) groups is 1. The van der Waals surface area contributed by atoms with E-state index >= 15 is 0 Å². The summed E-state index contributed by atoms with van der Waals surface area (Å²) in [6.07, 6.45) is 0. The molecule has 0 saturated carbocycles. The molecule has 3 aromatic carbocycles. The summed E-state index contributed by atoms with van der Waals surface area (Å²) < 4.78 is 0.748. The van der Waals surface area contributed by atoms with Crippen molar-refractivity contribution in [1.29, 1.82) is 0 Å². The molecule has 1 heterocycles. The first-order valence-corrected chi connectivity index (χ1v) is 11.2. The van der Waals surface area contributed by atoms with E-state index in [1.54, 1.807) is 0 Å². The SMILES string of the molecule is Cc1ccccc1Nc1nnc(SCC(=O)Nc2ccccc2-c2ccccc2)s1. The van der Waals surface area contributed by atoms with Gasteiger partial charge < -0.3 is 10.6 Å². The molecule has 0 saturated heterocycles. The van der Waals surface area contributed by atoms with E-state index in [9.17, 15) is 4.79 Å². The highest BCUT2D eigenvalue weighted by atomic mass is 32.2. The van der Waals surface area contributed by atoms with Gasteiger partial charge in [-0.2, -0.15) is 0 Å². The van der Waals surface area contributed by atoms with Gasteiger partial charge in [0.2, 0.25) is 11.0 Å². The standard InChI is InChI=1S/C23H20N4OS2/c1-16-9-5-7-13-19(16)25-22-26-27-23(30-22)29-15-21(28)24-20-14-8-6-12-18(20)17-10-3-2-4-11-17/h2-14H,15H2,1H3,(H,24,28)(H,25,26). The van der Waals surface area contributed by atoms with Crippen LogP contribution in [0.4, 0.5) is 16.5 Å². The summed E-state index contributed by atoms with van der Waals surface area (Å²) >= 11 is 2.81. The first-order chi connectivity index (χ1) is 14.7. The Kier molecular flexibility index (Phi) is 6.41. The molecule has 0 atom stereocenters. The number of aryl methyl sites for hydroxylation is 1. The van der Waals surface area contributed by atoms with Crippen LogP contribution in [-0.4, -0.2) is 21.9 Å². The molecule has 0 bridgehead atoms. The zero-order chi connectivity index (χ0) is 20.8. The average molecular weight is 433 g/mol. The van der Waals surface area contributed by atoms with Gasteiger partial charge in [0, 0.05) is 16.9 Å². The van der Waals surface area contributed by atoms with E-state index in [1.165, 1.54) is 23.1 Å². The number of nitrogens with one attached hydrogen (secondary N) is 2. The number of hydrogen-bond donors (Lipinski definition) is 2. The van der Waals surface area contributed by atoms with Crippen LogP contribution >= 0.6 is 23.1 Å². The third-order valence-corrected chi connectivity index (χ3v) is 6.38. The molecular weight excluding hydrogens is 412 g/mol. The maximum atomic E-state index is 12.5. The predicted molar refractivity (Wildman–Crippen MR) is 126 cm³/mol. The van der Waals surface area contributed by atoms with Gasteiger partial charge in [0.05, 0.1) is 5.75 Å². The third kappa shape index (κ3) is 5.06. The lowest BCUT2D eigenvalue weighted by Crippen LogP contribution is -2.14. The van der Waals surface area contributed by atoms with Gasteiger partial charge in [-0.15, -0.1) is 10.2 Å². The minimum Gasteiger partial charge on any atom is -0.330 e.